The molecule has 12 heteroatoms. The Bertz CT molecular complexity index is 1460. The minimum absolute atomic E-state index is 0.0182. The number of halogens is 3. The van der Waals surface area contributed by atoms with Gasteiger partial charge in [0, 0.05) is 28.7 Å². The number of likely N-dealkylation sites (N-methyl/N-ethyl adjacent to an activating group) is 1. The van der Waals surface area contributed by atoms with Gasteiger partial charge < -0.3 is 15.0 Å². The molecule has 0 spiro atoms. The summed E-state index contributed by atoms with van der Waals surface area (Å²) >= 11 is 19.1. The van der Waals surface area contributed by atoms with Crippen LogP contribution in [0.5, 0.6) is 5.75 Å². The fourth-order valence-corrected chi connectivity index (χ4v) is 6.11. The van der Waals surface area contributed by atoms with Gasteiger partial charge in [-0.15, -0.1) is 0 Å². The van der Waals surface area contributed by atoms with Crippen LogP contribution in [0.3, 0.4) is 0 Å². The van der Waals surface area contributed by atoms with E-state index in [1.54, 1.807) is 44.2 Å². The summed E-state index contributed by atoms with van der Waals surface area (Å²) in [5, 5.41) is 3.47. The highest BCUT2D eigenvalue weighted by Gasteiger charge is 2.33. The first-order valence-corrected chi connectivity index (χ1v) is 14.9. The highest BCUT2D eigenvalue weighted by Crippen LogP contribution is 2.33. The number of aryl methyl sites for hydroxylation is 1. The minimum Gasteiger partial charge on any atom is -0.495 e. The molecule has 0 heterocycles. The Morgan fingerprint density at radius 1 is 0.975 bits per heavy atom. The smallest absolute Gasteiger partial charge is 0.264 e. The fourth-order valence-electron chi connectivity index (χ4n) is 3.93. The highest BCUT2D eigenvalue weighted by molar-refractivity contribution is 7.92. The first-order valence-electron chi connectivity index (χ1n) is 12.3. The van der Waals surface area contributed by atoms with Gasteiger partial charge in [-0.1, -0.05) is 58.6 Å². The molecular weight excluding hydrogens is 597 g/mol. The molecule has 0 radical (unpaired) electrons. The van der Waals surface area contributed by atoms with Crippen molar-refractivity contribution < 1.29 is 22.7 Å². The number of anilines is 1. The number of hydrogen-bond donors (Lipinski definition) is 1. The molecule has 0 fully saturated rings. The molecule has 0 bridgehead atoms. The standard InChI is InChI=1S/C28H30Cl3N3O5S/c1-5-32-28(36)19(3)33(16-22-23(29)7-6-8-24(22)30)27(35)17-34(20-11-14-26(39-4)25(31)15-20)40(37,38)21-12-9-18(2)10-13-21/h6-15,19H,5,16-17H2,1-4H3,(H,32,36). The number of nitrogens with one attached hydrogen (secondary N) is 1. The Kier molecular flexibility index (Phi) is 10.7. The SMILES string of the molecule is CCNC(=O)C(C)N(Cc1c(Cl)cccc1Cl)C(=O)CN(c1ccc(OC)c(Cl)c1)S(=O)(=O)c1ccc(C)cc1. The van der Waals surface area contributed by atoms with Crippen LogP contribution in [0.1, 0.15) is 25.0 Å². The third kappa shape index (κ3) is 7.20. The van der Waals surface area contributed by atoms with Crippen LogP contribution in [-0.4, -0.2) is 51.4 Å². The number of carbonyl (C=O) groups excluding carboxylic acids is 2. The summed E-state index contributed by atoms with van der Waals surface area (Å²) in [6.45, 7) is 4.72. The van der Waals surface area contributed by atoms with Gasteiger partial charge in [-0.2, -0.15) is 0 Å². The number of carbonyl (C=O) groups is 2. The first-order chi connectivity index (χ1) is 18.9. The molecule has 0 saturated heterocycles. The predicted octanol–water partition coefficient (Wildman–Crippen LogP) is 5.71. The summed E-state index contributed by atoms with van der Waals surface area (Å²) in [4.78, 5) is 28.0. The van der Waals surface area contributed by atoms with Crippen LogP contribution >= 0.6 is 34.8 Å². The number of sulfonamides is 1. The zero-order valence-corrected chi connectivity index (χ0v) is 25.5. The van der Waals surface area contributed by atoms with E-state index in [2.05, 4.69) is 5.32 Å². The third-order valence-corrected chi connectivity index (χ3v) is 9.01. The molecular formula is C28H30Cl3N3O5S. The molecule has 3 rings (SSSR count). The van der Waals surface area contributed by atoms with Crippen LogP contribution in [0, 0.1) is 6.92 Å². The molecule has 3 aromatic rings. The van der Waals surface area contributed by atoms with Crippen LogP contribution in [0.25, 0.3) is 0 Å². The van der Waals surface area contributed by atoms with Crippen LogP contribution in [0.2, 0.25) is 15.1 Å². The Morgan fingerprint density at radius 3 is 2.15 bits per heavy atom. The van der Waals surface area contributed by atoms with Gasteiger partial charge in [0.2, 0.25) is 11.8 Å². The lowest BCUT2D eigenvalue weighted by Crippen LogP contribution is -2.51. The van der Waals surface area contributed by atoms with Crippen LogP contribution in [0.15, 0.2) is 65.6 Å². The molecule has 0 aliphatic heterocycles. The Labute approximate surface area is 249 Å². The Balaban J connectivity index is 2.10. The van der Waals surface area contributed by atoms with E-state index >= 15 is 0 Å². The monoisotopic (exact) mass is 625 g/mol. The lowest BCUT2D eigenvalue weighted by Gasteiger charge is -2.32. The number of amides is 2. The van der Waals surface area contributed by atoms with Gasteiger partial charge in [0.05, 0.1) is 22.7 Å². The van der Waals surface area contributed by atoms with Gasteiger partial charge in [-0.3, -0.25) is 13.9 Å². The number of rotatable bonds is 11. The Hall–Kier alpha value is -2.98. The van der Waals surface area contributed by atoms with E-state index in [-0.39, 0.29) is 22.2 Å². The van der Waals surface area contributed by atoms with Gasteiger partial charge in [-0.25, -0.2) is 8.42 Å². The molecule has 40 heavy (non-hydrogen) atoms. The summed E-state index contributed by atoms with van der Waals surface area (Å²) in [6, 6.07) is 14.6. The van der Waals surface area contributed by atoms with Crippen molar-refractivity contribution in [1.29, 1.82) is 0 Å². The average Bonchev–Trinajstić information content (AvgIpc) is 2.91. The summed E-state index contributed by atoms with van der Waals surface area (Å²) in [5.41, 5.74) is 1.43. The largest absolute Gasteiger partial charge is 0.495 e. The van der Waals surface area contributed by atoms with Crippen molar-refractivity contribution in [3.8, 4) is 5.75 Å². The second kappa shape index (κ2) is 13.6. The molecule has 0 aliphatic carbocycles. The summed E-state index contributed by atoms with van der Waals surface area (Å²) in [5.74, 6) is -0.735. The molecule has 8 nitrogen and oxygen atoms in total. The molecule has 1 unspecified atom stereocenters. The first kappa shape index (κ1) is 31.5. The molecule has 0 saturated carbocycles. The zero-order valence-electron chi connectivity index (χ0n) is 22.4. The number of hydrogen-bond acceptors (Lipinski definition) is 5. The molecule has 3 aromatic carbocycles. The maximum absolute atomic E-state index is 13.9. The van der Waals surface area contributed by atoms with Crippen molar-refractivity contribution in [3.63, 3.8) is 0 Å². The minimum atomic E-state index is -4.25. The molecule has 0 aromatic heterocycles. The number of ether oxygens (including phenoxy) is 1. The van der Waals surface area contributed by atoms with E-state index in [1.807, 2.05) is 6.92 Å². The number of benzene rings is 3. The van der Waals surface area contributed by atoms with Crippen LogP contribution in [-0.2, 0) is 26.2 Å². The normalized spacial score (nSPS) is 12.0. The van der Waals surface area contributed by atoms with Crippen LogP contribution in [0.4, 0.5) is 5.69 Å². The van der Waals surface area contributed by atoms with E-state index < -0.39 is 34.4 Å². The van der Waals surface area contributed by atoms with Gasteiger partial charge in [-0.05, 0) is 63.2 Å². The lowest BCUT2D eigenvalue weighted by atomic mass is 10.1. The molecule has 214 valence electrons. The van der Waals surface area contributed by atoms with Gasteiger partial charge >= 0.3 is 0 Å². The van der Waals surface area contributed by atoms with Crippen molar-refractivity contribution in [1.82, 2.24) is 10.2 Å². The molecule has 1 atom stereocenters. The van der Waals surface area contributed by atoms with Crippen molar-refractivity contribution in [3.05, 3.63) is 86.9 Å². The fraction of sp³-hybridized carbons (Fsp3) is 0.286. The van der Waals surface area contributed by atoms with Crippen molar-refractivity contribution in [2.24, 2.45) is 0 Å². The van der Waals surface area contributed by atoms with Crippen molar-refractivity contribution in [2.45, 2.75) is 38.3 Å². The lowest BCUT2D eigenvalue weighted by molar-refractivity contribution is -0.139. The second-order valence-corrected chi connectivity index (χ2v) is 12.0. The molecule has 2 amide bonds. The van der Waals surface area contributed by atoms with E-state index in [0.29, 0.717) is 27.9 Å². The van der Waals surface area contributed by atoms with E-state index in [9.17, 15) is 18.0 Å². The van der Waals surface area contributed by atoms with E-state index in [4.69, 9.17) is 39.5 Å². The Morgan fingerprint density at radius 2 is 1.60 bits per heavy atom. The third-order valence-electron chi connectivity index (χ3n) is 6.22. The maximum Gasteiger partial charge on any atom is 0.264 e. The number of nitrogens with zero attached hydrogens (tertiary/aromatic N) is 2. The van der Waals surface area contributed by atoms with E-state index in [1.165, 1.54) is 42.3 Å². The zero-order chi connectivity index (χ0) is 29.6. The van der Waals surface area contributed by atoms with Crippen molar-refractivity contribution >= 4 is 62.3 Å². The van der Waals surface area contributed by atoms with Crippen molar-refractivity contribution in [2.75, 3.05) is 24.5 Å². The summed E-state index contributed by atoms with van der Waals surface area (Å²) < 4.78 is 34.0. The maximum atomic E-state index is 13.9. The van der Waals surface area contributed by atoms with Crippen LogP contribution < -0.4 is 14.4 Å². The molecule has 1 N–H and O–H groups in total. The predicted molar refractivity (Wildman–Crippen MR) is 159 cm³/mol. The second-order valence-electron chi connectivity index (χ2n) is 8.94. The number of methoxy groups -OCH3 is 1. The van der Waals surface area contributed by atoms with Gasteiger partial charge in [0.25, 0.3) is 10.0 Å². The topological polar surface area (TPSA) is 96.0 Å². The quantitative estimate of drug-likeness (QED) is 0.294. The highest BCUT2D eigenvalue weighted by atomic mass is 35.5. The van der Waals surface area contributed by atoms with Gasteiger partial charge in [0.15, 0.2) is 0 Å². The average molecular weight is 627 g/mol. The molecule has 0 aliphatic rings. The summed E-state index contributed by atoms with van der Waals surface area (Å²) in [6.07, 6.45) is 0. The summed E-state index contributed by atoms with van der Waals surface area (Å²) in [7, 11) is -2.81. The van der Waals surface area contributed by atoms with Gasteiger partial charge in [0.1, 0.15) is 18.3 Å². The van der Waals surface area contributed by atoms with E-state index in [0.717, 1.165) is 9.87 Å².